The number of hydrogen-bond donors (Lipinski definition) is 1. The molecule has 1 aliphatic heterocycles. The quantitative estimate of drug-likeness (QED) is 0.787. The van der Waals surface area contributed by atoms with Crippen LogP contribution < -0.4 is 19.7 Å². The number of carbonyl (C=O) groups excluding carboxylic acids is 2. The summed E-state index contributed by atoms with van der Waals surface area (Å²) in [5.41, 5.74) is 1.52. The van der Waals surface area contributed by atoms with Gasteiger partial charge < -0.3 is 24.3 Å². The largest absolute Gasteiger partial charge is 0.493 e. The topological polar surface area (TPSA) is 86.3 Å². The Bertz CT molecular complexity index is 827. The van der Waals surface area contributed by atoms with Crippen molar-refractivity contribution < 1.29 is 28.5 Å². The van der Waals surface area contributed by atoms with Gasteiger partial charge >= 0.3 is 12.2 Å². The summed E-state index contributed by atoms with van der Waals surface area (Å²) in [6.45, 7) is 0.630. The van der Waals surface area contributed by atoms with Crippen LogP contribution in [0.1, 0.15) is 5.56 Å². The Morgan fingerprint density at radius 1 is 1.14 bits per heavy atom. The number of carbonyl (C=O) groups is 2. The molecule has 0 aromatic heterocycles. The average Bonchev–Trinajstić information content (AvgIpc) is 3.11. The minimum absolute atomic E-state index is 0.156. The van der Waals surface area contributed by atoms with E-state index in [1.54, 1.807) is 25.3 Å². The number of nitrogens with zero attached hydrogens (tertiary/aromatic N) is 1. The molecule has 3 rings (SSSR count). The normalized spacial score (nSPS) is 15.7. The zero-order valence-electron chi connectivity index (χ0n) is 15.7. The molecule has 0 bridgehead atoms. The number of hydrogen-bond acceptors (Lipinski definition) is 6. The molecule has 28 heavy (non-hydrogen) atoms. The van der Waals surface area contributed by atoms with Gasteiger partial charge in [-0.25, -0.2) is 9.59 Å². The molecule has 1 N–H and O–H groups in total. The molecule has 0 aliphatic carbocycles. The molecule has 1 unspecified atom stereocenters. The lowest BCUT2D eigenvalue weighted by Crippen LogP contribution is -2.34. The van der Waals surface area contributed by atoms with Crippen LogP contribution in [0.5, 0.6) is 11.5 Å². The third-order valence-corrected chi connectivity index (χ3v) is 4.24. The second-order valence-corrected chi connectivity index (χ2v) is 6.10. The van der Waals surface area contributed by atoms with Gasteiger partial charge in [-0.1, -0.05) is 30.3 Å². The first kappa shape index (κ1) is 19.3. The number of cyclic esters (lactones) is 1. The molecule has 2 aromatic carbocycles. The van der Waals surface area contributed by atoms with Crippen molar-refractivity contribution in [1.29, 1.82) is 0 Å². The van der Waals surface area contributed by atoms with E-state index in [2.05, 4.69) is 5.32 Å². The van der Waals surface area contributed by atoms with Crippen LogP contribution in [0.4, 0.5) is 15.3 Å². The molecule has 1 heterocycles. The Morgan fingerprint density at radius 3 is 2.61 bits per heavy atom. The number of rotatable bonds is 7. The van der Waals surface area contributed by atoms with E-state index in [0.717, 1.165) is 5.56 Å². The van der Waals surface area contributed by atoms with Crippen molar-refractivity contribution in [2.75, 3.05) is 32.2 Å². The summed E-state index contributed by atoms with van der Waals surface area (Å²) < 4.78 is 20.9. The highest BCUT2D eigenvalue weighted by Crippen LogP contribution is 2.33. The first-order valence-corrected chi connectivity index (χ1v) is 8.75. The third-order valence-electron chi connectivity index (χ3n) is 4.24. The Balaban J connectivity index is 1.51. The fourth-order valence-electron chi connectivity index (χ4n) is 2.80. The predicted octanol–water partition coefficient (Wildman–Crippen LogP) is 2.96. The van der Waals surface area contributed by atoms with Gasteiger partial charge in [0.2, 0.25) is 0 Å². The maximum atomic E-state index is 12.2. The van der Waals surface area contributed by atoms with Crippen LogP contribution in [0.3, 0.4) is 0 Å². The molecule has 2 aromatic rings. The third kappa shape index (κ3) is 4.64. The molecule has 1 saturated heterocycles. The lowest BCUT2D eigenvalue weighted by molar-refractivity contribution is 0.121. The fraction of sp³-hybridized carbons (Fsp3) is 0.300. The zero-order chi connectivity index (χ0) is 19.9. The van der Waals surface area contributed by atoms with Crippen molar-refractivity contribution >= 4 is 17.9 Å². The molecule has 8 nitrogen and oxygen atoms in total. The van der Waals surface area contributed by atoms with Gasteiger partial charge in [-0.3, -0.25) is 4.90 Å². The molecule has 0 saturated carbocycles. The highest BCUT2D eigenvalue weighted by Gasteiger charge is 2.33. The minimum Gasteiger partial charge on any atom is -0.493 e. The predicted molar refractivity (Wildman–Crippen MR) is 102 cm³/mol. The molecule has 0 radical (unpaired) electrons. The van der Waals surface area contributed by atoms with Crippen LogP contribution in [0.25, 0.3) is 0 Å². The van der Waals surface area contributed by atoms with Crippen LogP contribution >= 0.6 is 0 Å². The summed E-state index contributed by atoms with van der Waals surface area (Å²) in [5, 5.41) is 2.62. The van der Waals surface area contributed by atoms with Gasteiger partial charge in [-0.15, -0.1) is 0 Å². The molecule has 8 heteroatoms. The van der Waals surface area contributed by atoms with Crippen LogP contribution in [-0.4, -0.2) is 45.6 Å². The van der Waals surface area contributed by atoms with Gasteiger partial charge in [-0.2, -0.15) is 0 Å². The van der Waals surface area contributed by atoms with Crippen molar-refractivity contribution in [3.05, 3.63) is 54.1 Å². The Hall–Kier alpha value is -3.42. The van der Waals surface area contributed by atoms with Gasteiger partial charge in [0.05, 0.1) is 33.0 Å². The van der Waals surface area contributed by atoms with Crippen molar-refractivity contribution in [1.82, 2.24) is 5.32 Å². The van der Waals surface area contributed by atoms with E-state index in [1.165, 1.54) is 12.0 Å². The Labute approximate surface area is 162 Å². The number of alkyl carbamates (subject to hydrolysis) is 1. The van der Waals surface area contributed by atoms with E-state index in [-0.39, 0.29) is 13.2 Å². The second kappa shape index (κ2) is 8.98. The first-order chi connectivity index (χ1) is 13.6. The molecule has 2 amide bonds. The number of anilines is 1. The van der Waals surface area contributed by atoms with Crippen LogP contribution in [0, 0.1) is 0 Å². The second-order valence-electron chi connectivity index (χ2n) is 6.10. The number of benzene rings is 2. The van der Waals surface area contributed by atoms with Crippen LogP contribution in [0.2, 0.25) is 0 Å². The van der Waals surface area contributed by atoms with E-state index in [0.29, 0.717) is 23.7 Å². The van der Waals surface area contributed by atoms with Gasteiger partial charge in [-0.05, 0) is 17.7 Å². The Kier molecular flexibility index (Phi) is 6.21. The van der Waals surface area contributed by atoms with Gasteiger partial charge in [0.1, 0.15) is 12.7 Å². The van der Waals surface area contributed by atoms with Gasteiger partial charge in [0.25, 0.3) is 0 Å². The highest BCUT2D eigenvalue weighted by atomic mass is 16.6. The number of nitrogens with one attached hydrogen (secondary N) is 1. The molecular formula is C20H22N2O6. The fourth-order valence-corrected chi connectivity index (χ4v) is 2.80. The first-order valence-electron chi connectivity index (χ1n) is 8.75. The van der Waals surface area contributed by atoms with Crippen molar-refractivity contribution in [3.8, 4) is 11.5 Å². The summed E-state index contributed by atoms with van der Waals surface area (Å²) in [4.78, 5) is 25.5. The molecule has 1 atom stereocenters. The summed E-state index contributed by atoms with van der Waals surface area (Å²) in [6.07, 6.45) is -1.54. The zero-order valence-corrected chi connectivity index (χ0v) is 15.7. The summed E-state index contributed by atoms with van der Waals surface area (Å²) >= 11 is 0. The number of methoxy groups -OCH3 is 2. The molecule has 1 aliphatic rings. The van der Waals surface area contributed by atoms with Crippen molar-refractivity contribution in [3.63, 3.8) is 0 Å². The highest BCUT2D eigenvalue weighted by molar-refractivity contribution is 5.90. The molecule has 0 spiro atoms. The molecular weight excluding hydrogens is 364 g/mol. The molecule has 1 fully saturated rings. The van der Waals surface area contributed by atoms with Crippen molar-refractivity contribution in [2.24, 2.45) is 0 Å². The molecule has 148 valence electrons. The SMILES string of the molecule is COc1ccc(N2CC(CNC(=O)OCc3ccccc3)OC2=O)cc1OC. The Morgan fingerprint density at radius 2 is 1.89 bits per heavy atom. The minimum atomic E-state index is -0.565. The van der Waals surface area contributed by atoms with E-state index < -0.39 is 18.3 Å². The van der Waals surface area contributed by atoms with Crippen LogP contribution in [-0.2, 0) is 16.1 Å². The summed E-state index contributed by atoms with van der Waals surface area (Å²) in [5.74, 6) is 1.08. The van der Waals surface area contributed by atoms with Crippen LogP contribution in [0.15, 0.2) is 48.5 Å². The van der Waals surface area contributed by atoms with E-state index >= 15 is 0 Å². The lowest BCUT2D eigenvalue weighted by Gasteiger charge is -2.15. The maximum absolute atomic E-state index is 12.2. The standard InChI is InChI=1S/C20H22N2O6/c1-25-17-9-8-15(10-18(17)26-2)22-12-16(28-20(22)24)11-21-19(23)27-13-14-6-4-3-5-7-14/h3-10,16H,11-13H2,1-2H3,(H,21,23). The summed E-state index contributed by atoms with van der Waals surface area (Å²) in [6, 6.07) is 14.5. The number of amides is 2. The van der Waals surface area contributed by atoms with Gasteiger partial charge in [0, 0.05) is 6.07 Å². The monoisotopic (exact) mass is 386 g/mol. The lowest BCUT2D eigenvalue weighted by atomic mass is 10.2. The smallest absolute Gasteiger partial charge is 0.414 e. The van der Waals surface area contributed by atoms with E-state index in [9.17, 15) is 9.59 Å². The average molecular weight is 386 g/mol. The summed E-state index contributed by atoms with van der Waals surface area (Å²) in [7, 11) is 3.07. The number of ether oxygens (including phenoxy) is 4. The maximum Gasteiger partial charge on any atom is 0.414 e. The van der Waals surface area contributed by atoms with E-state index in [1.807, 2.05) is 30.3 Å². The van der Waals surface area contributed by atoms with Crippen molar-refractivity contribution in [2.45, 2.75) is 12.7 Å². The van der Waals surface area contributed by atoms with Gasteiger partial charge in [0.15, 0.2) is 11.5 Å². The van der Waals surface area contributed by atoms with E-state index in [4.69, 9.17) is 18.9 Å².